The van der Waals surface area contributed by atoms with Gasteiger partial charge in [0.15, 0.2) is 6.61 Å². The van der Waals surface area contributed by atoms with E-state index in [1.165, 1.54) is 6.08 Å². The Morgan fingerprint density at radius 3 is 2.38 bits per heavy atom. The number of carboxylic acid groups (broad SMARTS) is 1. The van der Waals surface area contributed by atoms with Gasteiger partial charge in [0.1, 0.15) is 5.75 Å². The van der Waals surface area contributed by atoms with E-state index in [1.54, 1.807) is 24.1 Å². The van der Waals surface area contributed by atoms with Crippen molar-refractivity contribution in [3.8, 4) is 5.75 Å². The quantitative estimate of drug-likeness (QED) is 0.717. The van der Waals surface area contributed by atoms with Crippen molar-refractivity contribution in [2.24, 2.45) is 0 Å². The van der Waals surface area contributed by atoms with E-state index < -0.39 is 5.97 Å². The van der Waals surface area contributed by atoms with Crippen molar-refractivity contribution in [3.05, 3.63) is 32.7 Å². The summed E-state index contributed by atoms with van der Waals surface area (Å²) in [5.74, 6) is -0.637. The number of likely N-dealkylation sites (N-methyl/N-ethyl adjacent to an activating group) is 1. The summed E-state index contributed by atoms with van der Waals surface area (Å²) in [6, 6.07) is 3.43. The molecule has 0 aliphatic carbocycles. The molecule has 1 rings (SSSR count). The van der Waals surface area contributed by atoms with E-state index in [0.29, 0.717) is 26.8 Å². The summed E-state index contributed by atoms with van der Waals surface area (Å²) in [5.41, 5.74) is 0.695. The van der Waals surface area contributed by atoms with Crippen LogP contribution in [0.4, 0.5) is 0 Å². The highest BCUT2D eigenvalue weighted by Crippen LogP contribution is 2.35. The minimum atomic E-state index is -1.02. The average Bonchev–Trinajstić information content (AvgIpc) is 2.42. The van der Waals surface area contributed by atoms with Crippen LogP contribution >= 0.6 is 31.9 Å². The van der Waals surface area contributed by atoms with Crippen molar-refractivity contribution in [1.29, 1.82) is 0 Å². The molecule has 21 heavy (non-hydrogen) atoms. The summed E-state index contributed by atoms with van der Waals surface area (Å²) in [4.78, 5) is 23.8. The number of hydrogen-bond donors (Lipinski definition) is 1. The highest BCUT2D eigenvalue weighted by Gasteiger charge is 2.12. The molecule has 114 valence electrons. The number of ether oxygens (including phenoxy) is 1. The van der Waals surface area contributed by atoms with E-state index in [0.717, 1.165) is 6.08 Å². The van der Waals surface area contributed by atoms with E-state index >= 15 is 0 Å². The molecule has 5 nitrogen and oxygen atoms in total. The molecule has 0 radical (unpaired) electrons. The standard InChI is InChI=1S/C14H15Br2NO4/c1-3-17(2)12(18)8-21-14-10(15)6-9(7-11(14)16)4-5-13(19)20/h4-7H,3,8H2,1-2H3,(H,19,20)/b5-4+. The fraction of sp³-hybridized carbons (Fsp3) is 0.286. The van der Waals surface area contributed by atoms with Gasteiger partial charge < -0.3 is 14.7 Å². The molecular weight excluding hydrogens is 406 g/mol. The van der Waals surface area contributed by atoms with E-state index in [1.807, 2.05) is 6.92 Å². The summed E-state index contributed by atoms with van der Waals surface area (Å²) >= 11 is 6.70. The fourth-order valence-electron chi connectivity index (χ4n) is 1.40. The highest BCUT2D eigenvalue weighted by atomic mass is 79.9. The van der Waals surface area contributed by atoms with Crippen LogP contribution in [0.1, 0.15) is 12.5 Å². The molecule has 1 amide bonds. The van der Waals surface area contributed by atoms with Crippen LogP contribution in [0.15, 0.2) is 27.2 Å². The maximum atomic E-state index is 11.7. The van der Waals surface area contributed by atoms with Crippen molar-refractivity contribution in [1.82, 2.24) is 4.90 Å². The Morgan fingerprint density at radius 2 is 1.90 bits per heavy atom. The van der Waals surface area contributed by atoms with E-state index in [-0.39, 0.29) is 12.5 Å². The summed E-state index contributed by atoms with van der Waals surface area (Å²) < 4.78 is 6.77. The number of rotatable bonds is 6. The number of amides is 1. The fourth-order valence-corrected chi connectivity index (χ4v) is 2.85. The number of carbonyl (C=O) groups excluding carboxylic acids is 1. The monoisotopic (exact) mass is 419 g/mol. The molecule has 1 aromatic carbocycles. The molecule has 0 fully saturated rings. The Hall–Kier alpha value is -1.34. The van der Waals surface area contributed by atoms with Crippen molar-refractivity contribution in [2.75, 3.05) is 20.2 Å². The third-order valence-corrected chi connectivity index (χ3v) is 3.86. The molecule has 1 N–H and O–H groups in total. The molecule has 0 aromatic heterocycles. The van der Waals surface area contributed by atoms with Gasteiger partial charge in [-0.3, -0.25) is 4.79 Å². The third kappa shape index (κ3) is 5.51. The van der Waals surface area contributed by atoms with Crippen LogP contribution in [0.25, 0.3) is 6.08 Å². The maximum absolute atomic E-state index is 11.7. The lowest BCUT2D eigenvalue weighted by Gasteiger charge is -2.16. The molecule has 7 heteroatoms. The number of aliphatic carboxylic acids is 1. The van der Waals surface area contributed by atoms with Crippen LogP contribution in [0.3, 0.4) is 0 Å². The molecule has 0 atom stereocenters. The zero-order valence-corrected chi connectivity index (χ0v) is 14.8. The Labute approximate surface area is 139 Å². The maximum Gasteiger partial charge on any atom is 0.328 e. The largest absolute Gasteiger partial charge is 0.481 e. The normalized spacial score (nSPS) is 10.7. The zero-order chi connectivity index (χ0) is 16.0. The van der Waals surface area contributed by atoms with Gasteiger partial charge in [-0.25, -0.2) is 4.79 Å². The lowest BCUT2D eigenvalue weighted by Crippen LogP contribution is -2.31. The SMILES string of the molecule is CCN(C)C(=O)COc1c(Br)cc(/C=C/C(=O)O)cc1Br. The molecule has 1 aromatic rings. The van der Waals surface area contributed by atoms with Gasteiger partial charge in [-0.15, -0.1) is 0 Å². The Kier molecular flexibility index (Phi) is 6.91. The summed E-state index contributed by atoms with van der Waals surface area (Å²) in [5, 5.41) is 8.61. The van der Waals surface area contributed by atoms with Gasteiger partial charge in [0.25, 0.3) is 5.91 Å². The Morgan fingerprint density at radius 1 is 1.33 bits per heavy atom. The molecule has 0 saturated carbocycles. The van der Waals surface area contributed by atoms with Crippen molar-refractivity contribution in [2.45, 2.75) is 6.92 Å². The lowest BCUT2D eigenvalue weighted by atomic mass is 10.2. The molecular formula is C14H15Br2NO4. The van der Waals surface area contributed by atoms with Crippen LogP contribution < -0.4 is 4.74 Å². The van der Waals surface area contributed by atoms with Gasteiger partial charge in [0.05, 0.1) is 8.95 Å². The molecule has 0 unspecified atom stereocenters. The van der Waals surface area contributed by atoms with E-state index in [2.05, 4.69) is 31.9 Å². The Balaban J connectivity index is 2.85. The first-order valence-corrected chi connectivity index (χ1v) is 7.70. The molecule has 0 heterocycles. The van der Waals surface area contributed by atoms with Crippen LogP contribution in [0, 0.1) is 0 Å². The topological polar surface area (TPSA) is 66.8 Å². The second kappa shape index (κ2) is 8.19. The molecule has 0 bridgehead atoms. The average molecular weight is 421 g/mol. The van der Waals surface area contributed by atoms with Gasteiger partial charge >= 0.3 is 5.97 Å². The Bertz CT molecular complexity index is 549. The van der Waals surface area contributed by atoms with Gasteiger partial charge in [-0.05, 0) is 62.6 Å². The second-order valence-electron chi connectivity index (χ2n) is 4.18. The summed E-state index contributed by atoms with van der Waals surface area (Å²) in [6.07, 6.45) is 2.52. The van der Waals surface area contributed by atoms with Crippen LogP contribution in [-0.4, -0.2) is 42.1 Å². The molecule has 0 spiro atoms. The summed E-state index contributed by atoms with van der Waals surface area (Å²) in [6.45, 7) is 2.43. The molecule has 0 saturated heterocycles. The number of carboxylic acids is 1. The molecule has 0 aliphatic heterocycles. The minimum Gasteiger partial charge on any atom is -0.481 e. The van der Waals surface area contributed by atoms with Crippen LogP contribution in [0.5, 0.6) is 5.75 Å². The van der Waals surface area contributed by atoms with Crippen LogP contribution in [-0.2, 0) is 9.59 Å². The predicted molar refractivity (Wildman–Crippen MR) is 87.3 cm³/mol. The van der Waals surface area contributed by atoms with E-state index in [9.17, 15) is 9.59 Å². The number of nitrogens with zero attached hydrogens (tertiary/aromatic N) is 1. The predicted octanol–water partition coefficient (Wildman–Crippen LogP) is 3.17. The van der Waals surface area contributed by atoms with Crippen molar-refractivity contribution in [3.63, 3.8) is 0 Å². The zero-order valence-electron chi connectivity index (χ0n) is 11.6. The number of halogens is 2. The second-order valence-corrected chi connectivity index (χ2v) is 5.89. The van der Waals surface area contributed by atoms with Gasteiger partial charge in [-0.2, -0.15) is 0 Å². The highest BCUT2D eigenvalue weighted by molar-refractivity contribution is 9.11. The number of carbonyl (C=O) groups is 2. The van der Waals surface area contributed by atoms with Gasteiger partial charge in [-0.1, -0.05) is 0 Å². The third-order valence-electron chi connectivity index (χ3n) is 2.68. The number of hydrogen-bond acceptors (Lipinski definition) is 3. The van der Waals surface area contributed by atoms with Gasteiger partial charge in [0.2, 0.25) is 0 Å². The summed E-state index contributed by atoms with van der Waals surface area (Å²) in [7, 11) is 1.70. The van der Waals surface area contributed by atoms with Crippen molar-refractivity contribution < 1.29 is 19.4 Å². The molecule has 0 aliphatic rings. The first-order chi connectivity index (χ1) is 9.85. The lowest BCUT2D eigenvalue weighted by molar-refractivity contribution is -0.132. The van der Waals surface area contributed by atoms with E-state index in [4.69, 9.17) is 9.84 Å². The number of benzene rings is 1. The van der Waals surface area contributed by atoms with Crippen molar-refractivity contribution >= 4 is 49.8 Å². The minimum absolute atomic E-state index is 0.0636. The van der Waals surface area contributed by atoms with Gasteiger partial charge in [0, 0.05) is 19.7 Å². The first kappa shape index (κ1) is 17.7. The first-order valence-electron chi connectivity index (χ1n) is 6.12. The van der Waals surface area contributed by atoms with Crippen LogP contribution in [0.2, 0.25) is 0 Å². The smallest absolute Gasteiger partial charge is 0.328 e.